The Morgan fingerprint density at radius 2 is 1.83 bits per heavy atom. The first-order chi connectivity index (χ1) is 11.5. The molecule has 0 spiro atoms. The molecule has 2 saturated heterocycles. The Bertz CT molecular complexity index is 770. The van der Waals surface area contributed by atoms with E-state index < -0.39 is 17.9 Å². The van der Waals surface area contributed by atoms with Gasteiger partial charge in [0, 0.05) is 19.1 Å². The molecule has 2 amide bonds. The molecule has 0 aromatic heterocycles. The Morgan fingerprint density at radius 3 is 2.54 bits per heavy atom. The summed E-state index contributed by atoms with van der Waals surface area (Å²) in [5, 5.41) is 0. The van der Waals surface area contributed by atoms with Gasteiger partial charge in [0.05, 0.1) is 17.9 Å². The smallest absolute Gasteiger partial charge is 0.235 e. The summed E-state index contributed by atoms with van der Waals surface area (Å²) in [4.78, 5) is 41.2. The summed E-state index contributed by atoms with van der Waals surface area (Å²) in [6.07, 6.45) is 3.36. The van der Waals surface area contributed by atoms with Crippen LogP contribution in [0.1, 0.15) is 18.1 Å². The summed E-state index contributed by atoms with van der Waals surface area (Å²) in [6.45, 7) is 4.78. The molecule has 2 fully saturated rings. The number of carbonyl (C=O) groups excluding carboxylic acids is 3. The fourth-order valence-corrected chi connectivity index (χ4v) is 4.46. The molecule has 3 aliphatic rings. The van der Waals surface area contributed by atoms with Crippen LogP contribution in [0, 0.1) is 18.8 Å². The largest absolute Gasteiger partial charge is 0.293 e. The van der Waals surface area contributed by atoms with Gasteiger partial charge >= 0.3 is 0 Å². The second-order valence-corrected chi connectivity index (χ2v) is 6.83. The Kier molecular flexibility index (Phi) is 3.42. The molecule has 1 aromatic carbocycles. The van der Waals surface area contributed by atoms with E-state index in [4.69, 9.17) is 0 Å². The molecule has 1 aromatic rings. The van der Waals surface area contributed by atoms with Crippen LogP contribution < -0.4 is 0 Å². The highest BCUT2D eigenvalue weighted by molar-refractivity contribution is 6.11. The molecule has 5 nitrogen and oxygen atoms in total. The number of ketones is 1. The van der Waals surface area contributed by atoms with Gasteiger partial charge in [0.1, 0.15) is 0 Å². The average molecular weight is 324 g/mol. The predicted molar refractivity (Wildman–Crippen MR) is 87.8 cm³/mol. The number of rotatable bonds is 3. The zero-order valence-electron chi connectivity index (χ0n) is 13.8. The highest BCUT2D eigenvalue weighted by Gasteiger charge is 2.63. The van der Waals surface area contributed by atoms with Crippen molar-refractivity contribution < 1.29 is 14.4 Å². The number of benzene rings is 1. The van der Waals surface area contributed by atoms with Crippen molar-refractivity contribution in [2.75, 3.05) is 6.54 Å². The highest BCUT2D eigenvalue weighted by Crippen LogP contribution is 2.46. The SMILES string of the molecule is CCN1C(=O)C2C(C1=O)[C@@H]1C=CC(=O)C2N1Cc1cccc(C)c1. The molecule has 0 radical (unpaired) electrons. The van der Waals surface area contributed by atoms with Gasteiger partial charge in [0.25, 0.3) is 0 Å². The number of amides is 2. The van der Waals surface area contributed by atoms with Crippen LogP contribution in [0.3, 0.4) is 0 Å². The lowest BCUT2D eigenvalue weighted by Crippen LogP contribution is -2.48. The predicted octanol–water partition coefficient (Wildman–Crippen LogP) is 1.31. The summed E-state index contributed by atoms with van der Waals surface area (Å²) < 4.78 is 0. The van der Waals surface area contributed by atoms with Gasteiger partial charge in [-0.2, -0.15) is 0 Å². The van der Waals surface area contributed by atoms with Crippen LogP contribution in [0.2, 0.25) is 0 Å². The minimum Gasteiger partial charge on any atom is -0.293 e. The number of nitrogens with zero attached hydrogens (tertiary/aromatic N) is 2. The number of hydrogen-bond acceptors (Lipinski definition) is 4. The Balaban J connectivity index is 1.71. The monoisotopic (exact) mass is 324 g/mol. The second kappa shape index (κ2) is 5.38. The highest BCUT2D eigenvalue weighted by atomic mass is 16.2. The van der Waals surface area contributed by atoms with Crippen molar-refractivity contribution in [1.82, 2.24) is 9.80 Å². The minimum atomic E-state index is -0.533. The van der Waals surface area contributed by atoms with E-state index in [9.17, 15) is 14.4 Å². The molecule has 2 bridgehead atoms. The lowest BCUT2D eigenvalue weighted by Gasteiger charge is -2.33. The third kappa shape index (κ3) is 2.01. The third-order valence-electron chi connectivity index (χ3n) is 5.45. The van der Waals surface area contributed by atoms with Gasteiger partial charge in [0.2, 0.25) is 11.8 Å². The van der Waals surface area contributed by atoms with E-state index in [2.05, 4.69) is 6.07 Å². The molecule has 0 saturated carbocycles. The first-order valence-electron chi connectivity index (χ1n) is 8.41. The fourth-order valence-electron chi connectivity index (χ4n) is 4.46. The molecule has 24 heavy (non-hydrogen) atoms. The number of fused-ring (bicyclic) bond motifs is 5. The maximum absolute atomic E-state index is 12.7. The number of imide groups is 1. The molecule has 3 heterocycles. The van der Waals surface area contributed by atoms with E-state index in [0.29, 0.717) is 13.1 Å². The van der Waals surface area contributed by atoms with Crippen LogP contribution in [-0.2, 0) is 20.9 Å². The van der Waals surface area contributed by atoms with Crippen LogP contribution in [0.4, 0.5) is 0 Å². The van der Waals surface area contributed by atoms with Gasteiger partial charge < -0.3 is 0 Å². The Hall–Kier alpha value is -2.27. The quantitative estimate of drug-likeness (QED) is 0.787. The van der Waals surface area contributed by atoms with Crippen molar-refractivity contribution in [2.24, 2.45) is 11.8 Å². The molecular formula is C19H20N2O3. The summed E-state index contributed by atoms with van der Waals surface area (Å²) in [5.41, 5.74) is 2.25. The Morgan fingerprint density at radius 1 is 1.08 bits per heavy atom. The van der Waals surface area contributed by atoms with Crippen molar-refractivity contribution in [3.63, 3.8) is 0 Å². The first kappa shape index (κ1) is 15.3. The third-order valence-corrected chi connectivity index (χ3v) is 5.45. The van der Waals surface area contributed by atoms with Crippen molar-refractivity contribution in [1.29, 1.82) is 0 Å². The zero-order chi connectivity index (χ0) is 17.0. The average Bonchev–Trinajstić information content (AvgIpc) is 2.92. The van der Waals surface area contributed by atoms with Gasteiger partial charge in [-0.15, -0.1) is 0 Å². The van der Waals surface area contributed by atoms with Gasteiger partial charge in [0.15, 0.2) is 5.78 Å². The summed E-state index contributed by atoms with van der Waals surface area (Å²) in [5.74, 6) is -1.34. The maximum Gasteiger partial charge on any atom is 0.235 e. The summed E-state index contributed by atoms with van der Waals surface area (Å²) in [6, 6.07) is 7.43. The topological polar surface area (TPSA) is 57.7 Å². The van der Waals surface area contributed by atoms with E-state index in [1.165, 1.54) is 4.90 Å². The molecule has 3 aliphatic heterocycles. The van der Waals surface area contributed by atoms with Crippen molar-refractivity contribution in [3.05, 3.63) is 47.5 Å². The van der Waals surface area contributed by atoms with Crippen molar-refractivity contribution in [2.45, 2.75) is 32.5 Å². The van der Waals surface area contributed by atoms with E-state index in [1.807, 2.05) is 36.1 Å². The van der Waals surface area contributed by atoms with Gasteiger partial charge in [-0.3, -0.25) is 24.2 Å². The number of hydrogen-bond donors (Lipinski definition) is 0. The van der Waals surface area contributed by atoms with Crippen molar-refractivity contribution >= 4 is 17.6 Å². The molecule has 3 unspecified atom stereocenters. The number of carbonyl (C=O) groups is 3. The lowest BCUT2D eigenvalue weighted by atomic mass is 9.90. The van der Waals surface area contributed by atoms with Gasteiger partial charge in [-0.25, -0.2) is 0 Å². The number of likely N-dealkylation sites (tertiary alicyclic amines) is 1. The van der Waals surface area contributed by atoms with Gasteiger partial charge in [-0.05, 0) is 25.5 Å². The fraction of sp³-hybridized carbons (Fsp3) is 0.421. The van der Waals surface area contributed by atoms with E-state index in [1.54, 1.807) is 13.0 Å². The second-order valence-electron chi connectivity index (χ2n) is 6.83. The summed E-state index contributed by atoms with van der Waals surface area (Å²) >= 11 is 0. The molecule has 0 aliphatic carbocycles. The van der Waals surface area contributed by atoms with Gasteiger partial charge in [-0.1, -0.05) is 35.9 Å². The van der Waals surface area contributed by atoms with E-state index >= 15 is 0 Å². The summed E-state index contributed by atoms with van der Waals surface area (Å²) in [7, 11) is 0. The lowest BCUT2D eigenvalue weighted by molar-refractivity contribution is -0.142. The van der Waals surface area contributed by atoms with Crippen LogP contribution in [0.25, 0.3) is 0 Å². The van der Waals surface area contributed by atoms with Crippen molar-refractivity contribution in [3.8, 4) is 0 Å². The number of aryl methyl sites for hydroxylation is 1. The molecular weight excluding hydrogens is 304 g/mol. The minimum absolute atomic E-state index is 0.0643. The standard InChI is InChI=1S/C19H20N2O3/c1-3-20-18(23)15-13-7-8-14(22)17(16(15)19(20)24)21(13)10-12-6-4-5-11(2)9-12/h4-9,13,15-17H,3,10H2,1-2H3/t13-,15?,16?,17?/m0/s1. The first-order valence-corrected chi connectivity index (χ1v) is 8.41. The maximum atomic E-state index is 12.7. The van der Waals surface area contributed by atoms with Crippen LogP contribution in [0.15, 0.2) is 36.4 Å². The van der Waals surface area contributed by atoms with Crippen LogP contribution >= 0.6 is 0 Å². The zero-order valence-corrected chi connectivity index (χ0v) is 13.8. The normalized spacial score (nSPS) is 31.9. The van der Waals surface area contributed by atoms with Crippen LogP contribution in [0.5, 0.6) is 0 Å². The molecule has 4 atom stereocenters. The molecule has 5 heteroatoms. The van der Waals surface area contributed by atoms with E-state index in [-0.39, 0.29) is 23.6 Å². The van der Waals surface area contributed by atoms with Crippen LogP contribution in [-0.4, -0.2) is 46.0 Å². The Labute approximate surface area is 140 Å². The molecule has 0 N–H and O–H groups in total. The van der Waals surface area contributed by atoms with E-state index in [0.717, 1.165) is 11.1 Å². The molecule has 4 rings (SSSR count). The molecule has 124 valence electrons.